The fourth-order valence-corrected chi connectivity index (χ4v) is 7.50. The van der Waals surface area contributed by atoms with Crippen molar-refractivity contribution < 1.29 is 45.1 Å². The molecule has 4 aromatic carbocycles. The molecule has 1 amide bonds. The van der Waals surface area contributed by atoms with E-state index in [0.29, 0.717) is 15.4 Å². The Morgan fingerprint density at radius 3 is 2.00 bits per heavy atom. The number of carbonyl (C=O) groups excluding carboxylic acids is 1. The summed E-state index contributed by atoms with van der Waals surface area (Å²) >= 11 is 6.03. The molecule has 0 aliphatic heterocycles. The number of benzene rings is 4. The summed E-state index contributed by atoms with van der Waals surface area (Å²) in [5.41, 5.74) is 2.38. The van der Waals surface area contributed by atoms with Crippen LogP contribution in [0.4, 0.5) is 27.6 Å². The quantitative estimate of drug-likeness (QED) is 0.0908. The van der Waals surface area contributed by atoms with Crippen molar-refractivity contribution in [2.45, 2.75) is 75.8 Å². The molecule has 0 bridgehead atoms. The van der Waals surface area contributed by atoms with Gasteiger partial charge >= 0.3 is 5.97 Å². The predicted octanol–water partition coefficient (Wildman–Crippen LogP) is 8.66. The zero-order valence-electron chi connectivity index (χ0n) is 28.0. The molecular formula is C37H34ClF5N2O5S. The van der Waals surface area contributed by atoms with E-state index in [9.17, 15) is 36.3 Å². The first-order valence-electron chi connectivity index (χ1n) is 15.9. The summed E-state index contributed by atoms with van der Waals surface area (Å²) in [7, 11) is -5.70. The van der Waals surface area contributed by atoms with Crippen LogP contribution in [0.3, 0.4) is 0 Å². The highest BCUT2D eigenvalue weighted by molar-refractivity contribution is 7.89. The Balaban J connectivity index is 1.73. The number of halogens is 6. The highest BCUT2D eigenvalue weighted by atomic mass is 35.5. The van der Waals surface area contributed by atoms with E-state index in [1.165, 1.54) is 49.4 Å². The van der Waals surface area contributed by atoms with Crippen LogP contribution in [-0.4, -0.2) is 35.7 Å². The summed E-state index contributed by atoms with van der Waals surface area (Å²) in [4.78, 5) is 23.8. The minimum absolute atomic E-state index is 0.0908. The molecule has 0 spiro atoms. The average Bonchev–Trinajstić information content (AvgIpc) is 3.91. The summed E-state index contributed by atoms with van der Waals surface area (Å²) in [6, 6.07) is 13.1. The molecule has 1 saturated carbocycles. The third-order valence-corrected chi connectivity index (χ3v) is 10.9. The second-order valence-corrected chi connectivity index (χ2v) is 15.9. The third-order valence-electron chi connectivity index (χ3n) is 8.73. The van der Waals surface area contributed by atoms with Gasteiger partial charge in [0.15, 0.2) is 28.2 Å². The van der Waals surface area contributed by atoms with Gasteiger partial charge in [-0.25, -0.2) is 35.2 Å². The maximum Gasteiger partial charge on any atom is 0.335 e. The first kappa shape index (κ1) is 37.9. The fraction of sp³-hybridized carbons (Fsp3) is 0.297. The van der Waals surface area contributed by atoms with Gasteiger partial charge in [-0.1, -0.05) is 62.7 Å². The Hall–Kier alpha value is -4.33. The van der Waals surface area contributed by atoms with E-state index in [4.69, 9.17) is 11.6 Å². The van der Waals surface area contributed by atoms with Gasteiger partial charge in [-0.2, -0.15) is 4.31 Å². The molecule has 0 aromatic heterocycles. The lowest BCUT2D eigenvalue weighted by Crippen LogP contribution is -2.48. The molecule has 0 heterocycles. The predicted molar refractivity (Wildman–Crippen MR) is 182 cm³/mol. The summed E-state index contributed by atoms with van der Waals surface area (Å²) in [5, 5.41) is 12.3. The van der Waals surface area contributed by atoms with Crippen molar-refractivity contribution in [1.29, 1.82) is 0 Å². The van der Waals surface area contributed by atoms with Crippen molar-refractivity contribution in [2.24, 2.45) is 0 Å². The van der Waals surface area contributed by atoms with Crippen LogP contribution in [-0.2, 0) is 33.2 Å². The van der Waals surface area contributed by atoms with Crippen molar-refractivity contribution in [1.82, 2.24) is 4.31 Å². The lowest BCUT2D eigenvalue weighted by atomic mass is 9.83. The van der Waals surface area contributed by atoms with Crippen molar-refractivity contribution in [2.75, 3.05) is 5.32 Å². The normalized spacial score (nSPS) is 14.1. The number of sulfonamides is 1. The van der Waals surface area contributed by atoms with Crippen LogP contribution in [0.5, 0.6) is 0 Å². The van der Waals surface area contributed by atoms with Crippen molar-refractivity contribution in [3.63, 3.8) is 0 Å². The molecule has 1 aliphatic rings. The number of hydrogen-bond donors (Lipinski definition) is 2. The van der Waals surface area contributed by atoms with Gasteiger partial charge in [0.05, 0.1) is 5.56 Å². The number of carbonyl (C=O) groups is 2. The van der Waals surface area contributed by atoms with Crippen LogP contribution < -0.4 is 5.32 Å². The molecule has 1 aliphatic carbocycles. The number of aromatic carboxylic acids is 1. The van der Waals surface area contributed by atoms with E-state index in [-0.39, 0.29) is 39.6 Å². The molecular weight excluding hydrogens is 715 g/mol. The number of anilines is 1. The molecule has 0 saturated heterocycles. The number of rotatable bonds is 11. The second kappa shape index (κ2) is 14.4. The van der Waals surface area contributed by atoms with Crippen LogP contribution in [0.25, 0.3) is 0 Å². The number of nitrogens with one attached hydrogen (secondary N) is 1. The van der Waals surface area contributed by atoms with Gasteiger partial charge in [0, 0.05) is 17.3 Å². The molecule has 0 radical (unpaired) electrons. The molecule has 1 fully saturated rings. The second-order valence-electron chi connectivity index (χ2n) is 13.6. The molecule has 1 unspecified atom stereocenters. The largest absolute Gasteiger partial charge is 0.478 e. The summed E-state index contributed by atoms with van der Waals surface area (Å²) in [5.74, 6) is -14.7. The number of carboxylic acids is 1. The van der Waals surface area contributed by atoms with E-state index >= 15 is 8.78 Å². The van der Waals surface area contributed by atoms with Gasteiger partial charge in [0.2, 0.25) is 21.7 Å². The Morgan fingerprint density at radius 2 is 1.47 bits per heavy atom. The number of amides is 1. The van der Waals surface area contributed by atoms with Crippen LogP contribution >= 0.6 is 11.6 Å². The molecule has 1 atom stereocenters. The minimum atomic E-state index is -5.70. The van der Waals surface area contributed by atoms with Crippen molar-refractivity contribution in [3.8, 4) is 0 Å². The van der Waals surface area contributed by atoms with Crippen molar-refractivity contribution >= 4 is 39.2 Å². The lowest BCUT2D eigenvalue weighted by Gasteiger charge is -2.31. The van der Waals surface area contributed by atoms with E-state index in [0.717, 1.165) is 24.0 Å². The maximum absolute atomic E-state index is 15.3. The van der Waals surface area contributed by atoms with Gasteiger partial charge in [-0.15, -0.1) is 0 Å². The maximum atomic E-state index is 15.3. The van der Waals surface area contributed by atoms with Gasteiger partial charge in [0.25, 0.3) is 0 Å². The third kappa shape index (κ3) is 8.10. The van der Waals surface area contributed by atoms with E-state index in [2.05, 4.69) is 5.32 Å². The van der Waals surface area contributed by atoms with Crippen LogP contribution in [0.15, 0.2) is 65.6 Å². The molecule has 270 valence electrons. The summed E-state index contributed by atoms with van der Waals surface area (Å²) in [6.45, 7) is 6.66. The molecule has 4 aromatic rings. The van der Waals surface area contributed by atoms with Gasteiger partial charge in [-0.3, -0.25) is 4.79 Å². The number of aryl methyl sites for hydroxylation is 1. The Kier molecular flexibility index (Phi) is 10.7. The van der Waals surface area contributed by atoms with Gasteiger partial charge in [0.1, 0.15) is 6.04 Å². The zero-order chi connectivity index (χ0) is 37.6. The van der Waals surface area contributed by atoms with Gasteiger partial charge in [-0.05, 0) is 95.7 Å². The number of carboxylic acid groups (broad SMARTS) is 1. The molecule has 2 N–H and O–H groups in total. The lowest BCUT2D eigenvalue weighted by molar-refractivity contribution is -0.119. The Bertz CT molecular complexity index is 2110. The number of nitrogens with zero attached hydrogens (tertiary/aromatic N) is 1. The molecule has 51 heavy (non-hydrogen) atoms. The fourth-order valence-electron chi connectivity index (χ4n) is 5.68. The standard InChI is InChI=1S/C37H34ClF5N2O5S/c1-19-13-23(36(47)48)9-12-27(19)44-35(46)28(16-21-14-24(22-7-8-22)17-25(15-21)37(2,3)4)45(18-20-5-10-26(38)11-6-20)51(49,50)34-32(42)30(40)29(39)31(41)33(34)43/h5-6,9-15,17,22,28H,7-8,16,18H2,1-4H3,(H,44,46)(H,47,48). The van der Waals surface area contributed by atoms with E-state index in [1.54, 1.807) is 6.07 Å². The number of hydrogen-bond acceptors (Lipinski definition) is 4. The minimum Gasteiger partial charge on any atom is -0.478 e. The van der Waals surface area contributed by atoms with Crippen LogP contribution in [0.1, 0.15) is 77.7 Å². The van der Waals surface area contributed by atoms with E-state index in [1.807, 2.05) is 32.9 Å². The molecule has 5 rings (SSSR count). The van der Waals surface area contributed by atoms with Crippen LogP contribution in [0, 0.1) is 36.0 Å². The first-order valence-corrected chi connectivity index (χ1v) is 17.7. The Labute approximate surface area is 297 Å². The monoisotopic (exact) mass is 748 g/mol. The molecule has 14 heteroatoms. The van der Waals surface area contributed by atoms with E-state index < -0.39 is 68.5 Å². The SMILES string of the molecule is Cc1cc(C(=O)O)ccc1NC(=O)C(Cc1cc(C2CC2)cc(C(C)(C)C)c1)N(Cc1ccc(Cl)cc1)S(=O)(=O)c1c(F)c(F)c(F)c(F)c1F. The van der Waals surface area contributed by atoms with Crippen LogP contribution in [0.2, 0.25) is 5.02 Å². The first-order chi connectivity index (χ1) is 23.8. The summed E-state index contributed by atoms with van der Waals surface area (Å²) in [6.07, 6.45) is 1.45. The average molecular weight is 749 g/mol. The Morgan fingerprint density at radius 1 is 0.882 bits per heavy atom. The highest BCUT2D eigenvalue weighted by Crippen LogP contribution is 2.42. The molecule has 7 nitrogen and oxygen atoms in total. The van der Waals surface area contributed by atoms with Crippen molar-refractivity contribution in [3.05, 3.63) is 128 Å². The topological polar surface area (TPSA) is 104 Å². The smallest absolute Gasteiger partial charge is 0.335 e. The highest BCUT2D eigenvalue weighted by Gasteiger charge is 2.43. The zero-order valence-corrected chi connectivity index (χ0v) is 29.5. The summed E-state index contributed by atoms with van der Waals surface area (Å²) < 4.78 is 103. The van der Waals surface area contributed by atoms with Gasteiger partial charge < -0.3 is 10.4 Å².